The molecule has 0 radical (unpaired) electrons. The minimum atomic E-state index is 0.264. The monoisotopic (exact) mass is 407 g/mol. The highest BCUT2D eigenvalue weighted by atomic mass is 32.1. The Hall–Kier alpha value is -2.97. The van der Waals surface area contributed by atoms with Crippen molar-refractivity contribution in [3.8, 4) is 22.4 Å². The van der Waals surface area contributed by atoms with Crippen molar-refractivity contribution in [2.24, 2.45) is 5.41 Å². The van der Waals surface area contributed by atoms with Gasteiger partial charge in [-0.25, -0.2) is 0 Å². The molecule has 0 bridgehead atoms. The fourth-order valence-electron chi connectivity index (χ4n) is 4.16. The second-order valence-electron chi connectivity index (χ2n) is 9.15. The summed E-state index contributed by atoms with van der Waals surface area (Å²) >= 11 is 1.88. The highest BCUT2D eigenvalue weighted by molar-refractivity contribution is 7.26. The maximum absolute atomic E-state index is 4.68. The van der Waals surface area contributed by atoms with Crippen LogP contribution in [0, 0.1) is 5.41 Å². The summed E-state index contributed by atoms with van der Waals surface area (Å²) in [4.78, 5) is 4.68. The fraction of sp³-hybridized carbons (Fsp3) is 0.179. The maximum atomic E-state index is 4.68. The van der Waals surface area contributed by atoms with Gasteiger partial charge in [-0.15, -0.1) is 11.3 Å². The van der Waals surface area contributed by atoms with E-state index in [0.29, 0.717) is 0 Å². The highest BCUT2D eigenvalue weighted by Gasteiger charge is 2.14. The summed E-state index contributed by atoms with van der Waals surface area (Å²) in [6, 6.07) is 28.5. The zero-order valence-electron chi connectivity index (χ0n) is 17.6. The second-order valence-corrected chi connectivity index (χ2v) is 10.2. The smallest absolute Gasteiger partial charge is 0.0704 e. The van der Waals surface area contributed by atoms with Gasteiger partial charge in [-0.3, -0.25) is 4.98 Å². The van der Waals surface area contributed by atoms with Gasteiger partial charge in [-0.1, -0.05) is 75.4 Å². The van der Waals surface area contributed by atoms with Crippen LogP contribution in [0.3, 0.4) is 0 Å². The first-order valence-corrected chi connectivity index (χ1v) is 11.3. The molecule has 0 saturated carbocycles. The van der Waals surface area contributed by atoms with Crippen molar-refractivity contribution >= 4 is 31.5 Å². The van der Waals surface area contributed by atoms with E-state index >= 15 is 0 Å². The molecule has 5 rings (SSSR count). The molecule has 0 fully saturated rings. The molecule has 0 N–H and O–H groups in total. The van der Waals surface area contributed by atoms with Gasteiger partial charge >= 0.3 is 0 Å². The van der Waals surface area contributed by atoms with Crippen molar-refractivity contribution in [2.45, 2.75) is 27.2 Å². The van der Waals surface area contributed by atoms with E-state index in [4.69, 9.17) is 0 Å². The summed E-state index contributed by atoms with van der Waals surface area (Å²) in [5.41, 5.74) is 6.42. The summed E-state index contributed by atoms with van der Waals surface area (Å²) in [6.07, 6.45) is 2.99. The van der Waals surface area contributed by atoms with Crippen LogP contribution < -0.4 is 0 Å². The summed E-state index contributed by atoms with van der Waals surface area (Å²) in [5.74, 6) is 0. The summed E-state index contributed by atoms with van der Waals surface area (Å²) < 4.78 is 2.67. The number of rotatable bonds is 3. The zero-order valence-corrected chi connectivity index (χ0v) is 18.5. The number of aromatic nitrogens is 1. The number of hydrogen-bond acceptors (Lipinski definition) is 2. The molecule has 0 spiro atoms. The molecule has 5 aromatic rings. The van der Waals surface area contributed by atoms with Crippen molar-refractivity contribution in [3.63, 3.8) is 0 Å². The second kappa shape index (κ2) is 7.37. The number of benzene rings is 3. The first-order valence-electron chi connectivity index (χ1n) is 10.4. The quantitative estimate of drug-likeness (QED) is 0.293. The summed E-state index contributed by atoms with van der Waals surface area (Å²) in [5, 5.41) is 2.64. The van der Waals surface area contributed by atoms with Crippen LogP contribution >= 0.6 is 11.3 Å². The standard InChI is InChI=1S/C28H25NS/c1-28(2,3)18-19-14-15-29-25(16-19)21-12-13-26-24(17-21)23-11-7-10-22(27(23)30-26)20-8-5-4-6-9-20/h4-17H,18H2,1-3H3. The van der Waals surface area contributed by atoms with Gasteiger partial charge in [0, 0.05) is 31.9 Å². The largest absolute Gasteiger partial charge is 0.256 e. The molecule has 2 heteroatoms. The van der Waals surface area contributed by atoms with Crippen LogP contribution in [0.5, 0.6) is 0 Å². The number of hydrogen-bond donors (Lipinski definition) is 0. The third-order valence-electron chi connectivity index (χ3n) is 5.44. The van der Waals surface area contributed by atoms with E-state index in [1.165, 1.54) is 42.4 Å². The summed E-state index contributed by atoms with van der Waals surface area (Å²) in [6.45, 7) is 6.84. The first-order chi connectivity index (χ1) is 14.5. The molecule has 1 nitrogen and oxygen atoms in total. The number of fused-ring (bicyclic) bond motifs is 3. The molecule has 0 saturated heterocycles. The van der Waals surface area contributed by atoms with Gasteiger partial charge in [0.05, 0.1) is 5.69 Å². The minimum Gasteiger partial charge on any atom is -0.256 e. The van der Waals surface area contributed by atoms with Crippen LogP contribution in [-0.4, -0.2) is 4.98 Å². The molecule has 0 unspecified atom stereocenters. The molecule has 0 atom stereocenters. The van der Waals surface area contributed by atoms with E-state index in [1.54, 1.807) is 0 Å². The van der Waals surface area contributed by atoms with Gasteiger partial charge in [0.25, 0.3) is 0 Å². The van der Waals surface area contributed by atoms with E-state index < -0.39 is 0 Å². The van der Waals surface area contributed by atoms with Crippen molar-refractivity contribution < 1.29 is 0 Å². The summed E-state index contributed by atoms with van der Waals surface area (Å²) in [7, 11) is 0. The van der Waals surface area contributed by atoms with Crippen molar-refractivity contribution in [3.05, 3.63) is 90.6 Å². The minimum absolute atomic E-state index is 0.264. The zero-order chi connectivity index (χ0) is 20.7. The van der Waals surface area contributed by atoms with Crippen molar-refractivity contribution in [1.29, 1.82) is 0 Å². The third-order valence-corrected chi connectivity index (χ3v) is 6.66. The molecular weight excluding hydrogens is 382 g/mol. The van der Waals surface area contributed by atoms with Gasteiger partial charge in [0.15, 0.2) is 0 Å². The van der Waals surface area contributed by atoms with Crippen LogP contribution in [0.2, 0.25) is 0 Å². The average molecular weight is 408 g/mol. The molecule has 2 heterocycles. The Kier molecular flexibility index (Phi) is 4.67. The molecule has 3 aromatic carbocycles. The Morgan fingerprint density at radius 2 is 1.60 bits per heavy atom. The van der Waals surface area contributed by atoms with Crippen LogP contribution in [0.4, 0.5) is 0 Å². The lowest BCUT2D eigenvalue weighted by Gasteiger charge is -2.18. The Labute approximate surface area is 182 Å². The van der Waals surface area contributed by atoms with Crippen LogP contribution in [0.1, 0.15) is 26.3 Å². The van der Waals surface area contributed by atoms with Crippen molar-refractivity contribution in [2.75, 3.05) is 0 Å². The average Bonchev–Trinajstić information content (AvgIpc) is 3.11. The number of pyridine rings is 1. The lowest BCUT2D eigenvalue weighted by Crippen LogP contribution is -2.09. The maximum Gasteiger partial charge on any atom is 0.0704 e. The van der Waals surface area contributed by atoms with E-state index in [2.05, 4.69) is 105 Å². The van der Waals surface area contributed by atoms with Gasteiger partial charge in [0.2, 0.25) is 0 Å². The van der Waals surface area contributed by atoms with Gasteiger partial charge in [0.1, 0.15) is 0 Å². The number of thiophene rings is 1. The Bertz CT molecular complexity index is 1340. The van der Waals surface area contributed by atoms with E-state index in [1.807, 2.05) is 17.5 Å². The van der Waals surface area contributed by atoms with E-state index in [0.717, 1.165) is 12.1 Å². The molecule has 148 valence electrons. The van der Waals surface area contributed by atoms with Crippen LogP contribution in [0.25, 0.3) is 42.6 Å². The molecular formula is C28H25NS. The Balaban J connectivity index is 1.63. The first kappa shape index (κ1) is 19.0. The van der Waals surface area contributed by atoms with Gasteiger partial charge in [-0.05, 0) is 52.8 Å². The molecule has 30 heavy (non-hydrogen) atoms. The van der Waals surface area contributed by atoms with Crippen LogP contribution in [0.15, 0.2) is 85.1 Å². The predicted molar refractivity (Wildman–Crippen MR) is 131 cm³/mol. The van der Waals surface area contributed by atoms with Gasteiger partial charge in [-0.2, -0.15) is 0 Å². The fourth-order valence-corrected chi connectivity index (χ4v) is 5.38. The third kappa shape index (κ3) is 3.64. The Morgan fingerprint density at radius 1 is 0.767 bits per heavy atom. The lowest BCUT2D eigenvalue weighted by molar-refractivity contribution is 0.411. The molecule has 2 aromatic heterocycles. The number of nitrogens with zero attached hydrogens (tertiary/aromatic N) is 1. The normalized spacial score (nSPS) is 12.0. The van der Waals surface area contributed by atoms with Crippen molar-refractivity contribution in [1.82, 2.24) is 4.98 Å². The van der Waals surface area contributed by atoms with Crippen LogP contribution in [-0.2, 0) is 6.42 Å². The SMILES string of the molecule is CC(C)(C)Cc1ccnc(-c2ccc3sc4c(-c5ccccc5)cccc4c3c2)c1. The lowest BCUT2D eigenvalue weighted by atomic mass is 9.88. The Morgan fingerprint density at radius 3 is 2.40 bits per heavy atom. The molecule has 0 aliphatic rings. The van der Waals surface area contributed by atoms with E-state index in [9.17, 15) is 0 Å². The molecule has 0 aliphatic carbocycles. The van der Waals surface area contributed by atoms with E-state index in [-0.39, 0.29) is 5.41 Å². The highest BCUT2D eigenvalue weighted by Crippen LogP contribution is 2.41. The molecule has 0 aliphatic heterocycles. The van der Waals surface area contributed by atoms with Gasteiger partial charge < -0.3 is 0 Å². The topological polar surface area (TPSA) is 12.9 Å². The molecule has 0 amide bonds. The predicted octanol–water partition coefficient (Wildman–Crippen LogP) is 8.37.